The van der Waals surface area contributed by atoms with Crippen LogP contribution < -0.4 is 10.9 Å². The standard InChI is InChI=1S/C18H14N6O2S/c25-15-6-2-5-14(23-15)17(26)22-12-4-1-3-11(7-12)9-27-18-13-8-21-24-16(13)19-10-20-18/h1-8,10H,9H2,(H,22,26)(H,23,25)(H,19,20,21,24). The maximum absolute atomic E-state index is 12.3. The Morgan fingerprint density at radius 2 is 2.04 bits per heavy atom. The molecule has 4 rings (SSSR count). The molecule has 1 amide bonds. The van der Waals surface area contributed by atoms with Crippen LogP contribution in [0.15, 0.2) is 64.8 Å². The summed E-state index contributed by atoms with van der Waals surface area (Å²) in [6, 6.07) is 12.0. The molecule has 0 radical (unpaired) electrons. The predicted octanol–water partition coefficient (Wildman–Crippen LogP) is 2.59. The van der Waals surface area contributed by atoms with Crippen LogP contribution in [0.1, 0.15) is 16.1 Å². The summed E-state index contributed by atoms with van der Waals surface area (Å²) in [5.41, 5.74) is 2.27. The van der Waals surface area contributed by atoms with Crippen LogP contribution in [0.2, 0.25) is 0 Å². The van der Waals surface area contributed by atoms with Crippen molar-refractivity contribution in [2.45, 2.75) is 10.8 Å². The van der Waals surface area contributed by atoms with Crippen molar-refractivity contribution < 1.29 is 4.79 Å². The van der Waals surface area contributed by atoms with Crippen LogP contribution in [0.3, 0.4) is 0 Å². The Kier molecular flexibility index (Phi) is 4.67. The molecule has 27 heavy (non-hydrogen) atoms. The Morgan fingerprint density at radius 3 is 2.93 bits per heavy atom. The minimum atomic E-state index is -0.367. The molecule has 134 valence electrons. The van der Waals surface area contributed by atoms with Crippen molar-refractivity contribution in [2.24, 2.45) is 0 Å². The number of nitrogens with one attached hydrogen (secondary N) is 3. The van der Waals surface area contributed by atoms with Crippen LogP contribution in [-0.2, 0) is 5.75 Å². The van der Waals surface area contributed by atoms with E-state index in [1.807, 2.05) is 18.2 Å². The molecule has 0 unspecified atom stereocenters. The van der Waals surface area contributed by atoms with E-state index in [1.54, 1.807) is 36.2 Å². The summed E-state index contributed by atoms with van der Waals surface area (Å²) in [5, 5.41) is 11.3. The molecule has 8 nitrogen and oxygen atoms in total. The van der Waals surface area contributed by atoms with Gasteiger partial charge in [0.2, 0.25) is 5.56 Å². The zero-order valence-electron chi connectivity index (χ0n) is 14.0. The first-order chi connectivity index (χ1) is 13.2. The number of pyridine rings is 1. The van der Waals surface area contributed by atoms with E-state index < -0.39 is 0 Å². The van der Waals surface area contributed by atoms with Gasteiger partial charge in [0.1, 0.15) is 17.0 Å². The lowest BCUT2D eigenvalue weighted by atomic mass is 10.2. The van der Waals surface area contributed by atoms with E-state index >= 15 is 0 Å². The number of aromatic amines is 2. The number of hydrogen-bond acceptors (Lipinski definition) is 6. The van der Waals surface area contributed by atoms with Gasteiger partial charge in [-0.1, -0.05) is 18.2 Å². The first kappa shape index (κ1) is 17.0. The Labute approximate surface area is 157 Å². The van der Waals surface area contributed by atoms with Gasteiger partial charge in [-0.15, -0.1) is 11.8 Å². The fourth-order valence-corrected chi connectivity index (χ4v) is 3.44. The number of anilines is 1. The Morgan fingerprint density at radius 1 is 1.15 bits per heavy atom. The lowest BCUT2D eigenvalue weighted by Gasteiger charge is -2.07. The van der Waals surface area contributed by atoms with E-state index in [0.29, 0.717) is 17.1 Å². The van der Waals surface area contributed by atoms with Gasteiger partial charge in [0.25, 0.3) is 5.91 Å². The summed E-state index contributed by atoms with van der Waals surface area (Å²) in [4.78, 5) is 34.5. The molecule has 0 spiro atoms. The molecule has 0 saturated carbocycles. The fraction of sp³-hybridized carbons (Fsp3) is 0.0556. The van der Waals surface area contributed by atoms with E-state index in [1.165, 1.54) is 12.4 Å². The number of rotatable bonds is 5. The molecular weight excluding hydrogens is 364 g/mol. The molecule has 0 saturated heterocycles. The first-order valence-electron chi connectivity index (χ1n) is 8.05. The van der Waals surface area contributed by atoms with E-state index in [-0.39, 0.29) is 17.2 Å². The van der Waals surface area contributed by atoms with E-state index in [2.05, 4.69) is 30.5 Å². The third-order valence-electron chi connectivity index (χ3n) is 3.78. The Balaban J connectivity index is 1.47. The van der Waals surface area contributed by atoms with Crippen molar-refractivity contribution in [2.75, 3.05) is 5.32 Å². The average molecular weight is 378 g/mol. The number of hydrogen-bond donors (Lipinski definition) is 3. The van der Waals surface area contributed by atoms with Crippen molar-refractivity contribution in [1.82, 2.24) is 25.1 Å². The summed E-state index contributed by atoms with van der Waals surface area (Å²) >= 11 is 1.56. The van der Waals surface area contributed by atoms with Gasteiger partial charge in [-0.05, 0) is 23.8 Å². The number of amides is 1. The van der Waals surface area contributed by atoms with Gasteiger partial charge in [-0.2, -0.15) is 5.10 Å². The summed E-state index contributed by atoms with van der Waals surface area (Å²) < 4.78 is 0. The van der Waals surface area contributed by atoms with Crippen molar-refractivity contribution in [1.29, 1.82) is 0 Å². The van der Waals surface area contributed by atoms with Crippen molar-refractivity contribution in [3.8, 4) is 0 Å². The van der Waals surface area contributed by atoms with E-state index in [0.717, 1.165) is 16.0 Å². The van der Waals surface area contributed by atoms with Crippen LogP contribution in [0.5, 0.6) is 0 Å². The topological polar surface area (TPSA) is 116 Å². The average Bonchev–Trinajstić information content (AvgIpc) is 3.16. The van der Waals surface area contributed by atoms with Gasteiger partial charge < -0.3 is 10.3 Å². The second-order valence-corrected chi connectivity index (χ2v) is 6.65. The molecule has 9 heteroatoms. The van der Waals surface area contributed by atoms with Crippen LogP contribution in [0.4, 0.5) is 5.69 Å². The van der Waals surface area contributed by atoms with Crippen molar-refractivity contribution in [3.63, 3.8) is 0 Å². The van der Waals surface area contributed by atoms with Crippen LogP contribution in [0, 0.1) is 0 Å². The molecule has 4 aromatic rings. The number of H-pyrrole nitrogens is 2. The highest BCUT2D eigenvalue weighted by Gasteiger charge is 2.09. The molecule has 0 aliphatic heterocycles. The molecule has 3 aromatic heterocycles. The molecule has 3 heterocycles. The highest BCUT2D eigenvalue weighted by Crippen LogP contribution is 2.27. The predicted molar refractivity (Wildman–Crippen MR) is 103 cm³/mol. The SMILES string of the molecule is O=C(Nc1cccc(CSc2ncnc3[nH]ncc23)c1)c1cccc(=O)[nH]1. The van der Waals surface area contributed by atoms with E-state index in [4.69, 9.17) is 0 Å². The Hall–Kier alpha value is -3.46. The number of thioether (sulfide) groups is 1. The molecule has 0 atom stereocenters. The summed E-state index contributed by atoms with van der Waals surface area (Å²) in [7, 11) is 0. The second-order valence-electron chi connectivity index (χ2n) is 5.68. The lowest BCUT2D eigenvalue weighted by molar-refractivity contribution is 0.102. The third kappa shape index (κ3) is 3.87. The summed E-state index contributed by atoms with van der Waals surface area (Å²) in [6.45, 7) is 0. The largest absolute Gasteiger partial charge is 0.321 e. The minimum absolute atomic E-state index is 0.214. The van der Waals surface area contributed by atoms with Gasteiger partial charge in [0, 0.05) is 17.5 Å². The third-order valence-corrected chi connectivity index (χ3v) is 4.86. The summed E-state index contributed by atoms with van der Waals surface area (Å²) in [5.74, 6) is 0.303. The maximum atomic E-state index is 12.3. The number of nitrogens with zero attached hydrogens (tertiary/aromatic N) is 3. The van der Waals surface area contributed by atoms with Gasteiger partial charge >= 0.3 is 0 Å². The van der Waals surface area contributed by atoms with Gasteiger partial charge in [-0.3, -0.25) is 14.7 Å². The van der Waals surface area contributed by atoms with Gasteiger partial charge in [0.15, 0.2) is 5.65 Å². The lowest BCUT2D eigenvalue weighted by Crippen LogP contribution is -2.17. The highest BCUT2D eigenvalue weighted by atomic mass is 32.2. The molecule has 0 bridgehead atoms. The minimum Gasteiger partial charge on any atom is -0.321 e. The number of carbonyl (C=O) groups excluding carboxylic acids is 1. The second kappa shape index (κ2) is 7.42. The number of carbonyl (C=O) groups is 1. The Bertz CT molecular complexity index is 1170. The van der Waals surface area contributed by atoms with Crippen LogP contribution >= 0.6 is 11.8 Å². The van der Waals surface area contributed by atoms with Gasteiger partial charge in [-0.25, -0.2) is 9.97 Å². The monoisotopic (exact) mass is 378 g/mol. The van der Waals surface area contributed by atoms with Crippen molar-refractivity contribution in [3.05, 3.63) is 76.6 Å². The number of benzene rings is 1. The fourth-order valence-electron chi connectivity index (χ4n) is 2.53. The first-order valence-corrected chi connectivity index (χ1v) is 9.04. The van der Waals surface area contributed by atoms with Crippen molar-refractivity contribution >= 4 is 34.4 Å². The van der Waals surface area contributed by atoms with Crippen LogP contribution in [0.25, 0.3) is 11.0 Å². The van der Waals surface area contributed by atoms with E-state index in [9.17, 15) is 9.59 Å². The van der Waals surface area contributed by atoms with Crippen LogP contribution in [-0.4, -0.2) is 31.1 Å². The van der Waals surface area contributed by atoms with Gasteiger partial charge in [0.05, 0.1) is 11.6 Å². The zero-order valence-corrected chi connectivity index (χ0v) is 14.8. The number of aromatic nitrogens is 5. The molecule has 0 aliphatic rings. The molecule has 0 aliphatic carbocycles. The smallest absolute Gasteiger partial charge is 0.272 e. The molecule has 1 aromatic carbocycles. The maximum Gasteiger partial charge on any atom is 0.272 e. The summed E-state index contributed by atoms with van der Waals surface area (Å²) in [6.07, 6.45) is 3.20. The zero-order chi connectivity index (χ0) is 18.6. The molecular formula is C18H14N6O2S. The normalized spacial score (nSPS) is 10.8. The molecule has 3 N–H and O–H groups in total. The molecule has 0 fully saturated rings. The quantitative estimate of drug-likeness (QED) is 0.363. The highest BCUT2D eigenvalue weighted by molar-refractivity contribution is 7.98. The number of fused-ring (bicyclic) bond motifs is 1.